The zero-order chi connectivity index (χ0) is 23.5. The Labute approximate surface area is 196 Å². The molecule has 0 unspecified atom stereocenters. The molecule has 0 bridgehead atoms. The lowest BCUT2D eigenvalue weighted by Crippen LogP contribution is -2.32. The first-order valence-electron chi connectivity index (χ1n) is 11.4. The van der Waals surface area contributed by atoms with Gasteiger partial charge in [0.1, 0.15) is 0 Å². The molecule has 4 aromatic rings. The molecule has 2 amide bonds. The minimum atomic E-state index is -0.441. The van der Waals surface area contributed by atoms with Crippen LogP contribution in [0, 0.1) is 0 Å². The lowest BCUT2D eigenvalue weighted by atomic mass is 10.1. The minimum absolute atomic E-state index is 0.104. The Balaban J connectivity index is 1.42. The highest BCUT2D eigenvalue weighted by Crippen LogP contribution is 2.20. The molecule has 170 valence electrons. The Hall–Kier alpha value is -4.26. The molecule has 0 saturated heterocycles. The van der Waals surface area contributed by atoms with Crippen molar-refractivity contribution in [2.45, 2.75) is 31.7 Å². The average molecular weight is 453 g/mol. The second kappa shape index (κ2) is 9.31. The van der Waals surface area contributed by atoms with Gasteiger partial charge in [0.15, 0.2) is 5.69 Å². The van der Waals surface area contributed by atoms with Crippen molar-refractivity contribution in [3.05, 3.63) is 100 Å². The molecular formula is C27H24N4O3. The third kappa shape index (κ3) is 4.32. The minimum Gasteiger partial charge on any atom is -0.349 e. The predicted octanol–water partition coefficient (Wildman–Crippen LogP) is 4.31. The fourth-order valence-corrected chi connectivity index (χ4v) is 4.34. The average Bonchev–Trinajstić information content (AvgIpc) is 3.38. The van der Waals surface area contributed by atoms with E-state index in [4.69, 9.17) is 0 Å². The van der Waals surface area contributed by atoms with Gasteiger partial charge in [0, 0.05) is 22.7 Å². The topological polar surface area (TPSA) is 93.1 Å². The molecule has 3 aromatic carbocycles. The van der Waals surface area contributed by atoms with E-state index in [1.165, 1.54) is 4.68 Å². The summed E-state index contributed by atoms with van der Waals surface area (Å²) in [6.07, 6.45) is 4.34. The number of anilines is 1. The molecule has 1 saturated carbocycles. The fourth-order valence-electron chi connectivity index (χ4n) is 4.34. The normalized spacial score (nSPS) is 13.6. The second-order valence-corrected chi connectivity index (χ2v) is 8.43. The summed E-state index contributed by atoms with van der Waals surface area (Å²) in [6.45, 7) is 0. The van der Waals surface area contributed by atoms with Crippen LogP contribution in [0.4, 0.5) is 5.69 Å². The SMILES string of the molecule is O=C(NC1CCCC1)c1ccc(NC(=O)c2nn(-c3ccccc3)c(=O)c3ccccc23)cc1. The number of hydrogen-bond acceptors (Lipinski definition) is 4. The Morgan fingerprint density at radius 3 is 2.15 bits per heavy atom. The van der Waals surface area contributed by atoms with E-state index in [2.05, 4.69) is 15.7 Å². The summed E-state index contributed by atoms with van der Waals surface area (Å²) < 4.78 is 1.24. The zero-order valence-electron chi connectivity index (χ0n) is 18.5. The maximum atomic E-state index is 13.2. The van der Waals surface area contributed by atoms with Gasteiger partial charge < -0.3 is 10.6 Å². The van der Waals surface area contributed by atoms with Crippen molar-refractivity contribution in [3.8, 4) is 5.69 Å². The van der Waals surface area contributed by atoms with Crippen molar-refractivity contribution in [1.29, 1.82) is 0 Å². The fraction of sp³-hybridized carbons (Fsp3) is 0.185. The largest absolute Gasteiger partial charge is 0.349 e. The van der Waals surface area contributed by atoms with Crippen molar-refractivity contribution < 1.29 is 9.59 Å². The van der Waals surface area contributed by atoms with Crippen molar-refractivity contribution in [2.75, 3.05) is 5.32 Å². The van der Waals surface area contributed by atoms with Gasteiger partial charge in [0.2, 0.25) is 0 Å². The van der Waals surface area contributed by atoms with Gasteiger partial charge in [-0.25, -0.2) is 0 Å². The van der Waals surface area contributed by atoms with Gasteiger partial charge in [-0.1, -0.05) is 49.2 Å². The van der Waals surface area contributed by atoms with Crippen molar-refractivity contribution in [2.24, 2.45) is 0 Å². The van der Waals surface area contributed by atoms with Crippen LogP contribution in [0.2, 0.25) is 0 Å². The van der Waals surface area contributed by atoms with E-state index >= 15 is 0 Å². The van der Waals surface area contributed by atoms with Gasteiger partial charge >= 0.3 is 0 Å². The number of aromatic nitrogens is 2. The summed E-state index contributed by atoms with van der Waals surface area (Å²) in [4.78, 5) is 38.7. The number of fused-ring (bicyclic) bond motifs is 1. The van der Waals surface area contributed by atoms with Gasteiger partial charge in [-0.15, -0.1) is 0 Å². The van der Waals surface area contributed by atoms with Gasteiger partial charge in [0.25, 0.3) is 17.4 Å². The van der Waals surface area contributed by atoms with Crippen molar-refractivity contribution in [1.82, 2.24) is 15.1 Å². The van der Waals surface area contributed by atoms with Crippen molar-refractivity contribution in [3.63, 3.8) is 0 Å². The Kier molecular flexibility index (Phi) is 5.91. The third-order valence-electron chi connectivity index (χ3n) is 6.12. The standard InChI is InChI=1S/C27H24N4O3/c32-25(28-19-8-4-5-9-19)18-14-16-20(17-15-18)29-26(33)24-22-12-6-7-13-23(22)27(34)31(30-24)21-10-2-1-3-11-21/h1-3,6-7,10-17,19H,4-5,8-9H2,(H,28,32)(H,29,33). The molecule has 7 heteroatoms. The molecule has 5 rings (SSSR count). The number of carbonyl (C=O) groups is 2. The first kappa shape index (κ1) is 21.6. The summed E-state index contributed by atoms with van der Waals surface area (Å²) in [7, 11) is 0. The molecule has 0 radical (unpaired) electrons. The van der Waals surface area contributed by atoms with Crippen LogP contribution in [-0.2, 0) is 0 Å². The molecule has 0 aliphatic heterocycles. The maximum Gasteiger partial charge on any atom is 0.279 e. The quantitative estimate of drug-likeness (QED) is 0.472. The van der Waals surface area contributed by atoms with Gasteiger partial charge in [-0.3, -0.25) is 14.4 Å². The van der Waals surface area contributed by atoms with Gasteiger partial charge in [-0.05, 0) is 55.3 Å². The summed E-state index contributed by atoms with van der Waals surface area (Å²) in [5.41, 5.74) is 1.50. The second-order valence-electron chi connectivity index (χ2n) is 8.43. The maximum absolute atomic E-state index is 13.2. The van der Waals surface area contributed by atoms with Crippen LogP contribution in [0.1, 0.15) is 46.5 Å². The van der Waals surface area contributed by atoms with Gasteiger partial charge in [0.05, 0.1) is 11.1 Å². The van der Waals surface area contributed by atoms with E-state index < -0.39 is 5.91 Å². The molecule has 0 spiro atoms. The van der Waals surface area contributed by atoms with E-state index in [9.17, 15) is 14.4 Å². The summed E-state index contributed by atoms with van der Waals surface area (Å²) in [5, 5.41) is 11.2. The molecule has 1 aliphatic rings. The molecule has 0 atom stereocenters. The van der Waals surface area contributed by atoms with E-state index in [1.54, 1.807) is 60.7 Å². The number of nitrogens with one attached hydrogen (secondary N) is 2. The van der Waals surface area contributed by atoms with Gasteiger partial charge in [-0.2, -0.15) is 9.78 Å². The van der Waals surface area contributed by atoms with Crippen LogP contribution in [0.15, 0.2) is 83.7 Å². The predicted molar refractivity (Wildman–Crippen MR) is 131 cm³/mol. The summed E-state index contributed by atoms with van der Waals surface area (Å²) >= 11 is 0. The number of para-hydroxylation sites is 1. The monoisotopic (exact) mass is 452 g/mol. The Bertz CT molecular complexity index is 1410. The summed E-state index contributed by atoms with van der Waals surface area (Å²) in [6, 6.07) is 22.9. The molecule has 1 aromatic heterocycles. The summed E-state index contributed by atoms with van der Waals surface area (Å²) in [5.74, 6) is -0.545. The highest BCUT2D eigenvalue weighted by Gasteiger charge is 2.19. The van der Waals surface area contributed by atoms with Crippen LogP contribution in [0.25, 0.3) is 16.5 Å². The number of rotatable bonds is 5. The van der Waals surface area contributed by atoms with Crippen LogP contribution < -0.4 is 16.2 Å². The lowest BCUT2D eigenvalue weighted by Gasteiger charge is -2.13. The molecule has 34 heavy (non-hydrogen) atoms. The zero-order valence-corrected chi connectivity index (χ0v) is 18.5. The molecule has 1 fully saturated rings. The molecule has 1 aliphatic carbocycles. The van der Waals surface area contributed by atoms with Crippen LogP contribution in [-0.4, -0.2) is 27.6 Å². The number of carbonyl (C=O) groups excluding carboxylic acids is 2. The first-order valence-corrected chi connectivity index (χ1v) is 11.4. The number of nitrogens with zero attached hydrogens (tertiary/aromatic N) is 2. The highest BCUT2D eigenvalue weighted by molar-refractivity contribution is 6.11. The smallest absolute Gasteiger partial charge is 0.279 e. The van der Waals surface area contributed by atoms with E-state index in [-0.39, 0.29) is 23.2 Å². The molecule has 7 nitrogen and oxygen atoms in total. The Morgan fingerprint density at radius 1 is 0.794 bits per heavy atom. The number of amides is 2. The molecular weight excluding hydrogens is 428 g/mol. The van der Waals surface area contributed by atoms with E-state index in [0.29, 0.717) is 27.7 Å². The molecule has 1 heterocycles. The first-order chi connectivity index (χ1) is 16.6. The van der Waals surface area contributed by atoms with Crippen LogP contribution in [0.5, 0.6) is 0 Å². The van der Waals surface area contributed by atoms with E-state index in [0.717, 1.165) is 25.7 Å². The molecule has 2 N–H and O–H groups in total. The number of hydrogen-bond donors (Lipinski definition) is 2. The Morgan fingerprint density at radius 2 is 1.44 bits per heavy atom. The van der Waals surface area contributed by atoms with E-state index in [1.807, 2.05) is 18.2 Å². The third-order valence-corrected chi connectivity index (χ3v) is 6.12. The highest BCUT2D eigenvalue weighted by atomic mass is 16.2. The lowest BCUT2D eigenvalue weighted by molar-refractivity contribution is 0.0937. The van der Waals surface area contributed by atoms with Crippen LogP contribution in [0.3, 0.4) is 0 Å². The number of benzene rings is 3. The van der Waals surface area contributed by atoms with Crippen molar-refractivity contribution >= 4 is 28.3 Å². The van der Waals surface area contributed by atoms with Crippen LogP contribution >= 0.6 is 0 Å².